The lowest BCUT2D eigenvalue weighted by Crippen LogP contribution is -2.51. The van der Waals surface area contributed by atoms with Gasteiger partial charge in [0.15, 0.2) is 0 Å². The van der Waals surface area contributed by atoms with Crippen molar-refractivity contribution in [3.05, 3.63) is 36.0 Å². The molecule has 0 saturated carbocycles. The summed E-state index contributed by atoms with van der Waals surface area (Å²) < 4.78 is 23.2. The van der Waals surface area contributed by atoms with Gasteiger partial charge in [-0.1, -0.05) is 46.7 Å². The molecule has 0 radical (unpaired) electrons. The normalized spacial score (nSPS) is 31.5. The second kappa shape index (κ2) is 17.7. The number of rotatable bonds is 14. The predicted octanol–water partition coefficient (Wildman–Crippen LogP) is 2.67. The molecule has 0 aromatic heterocycles. The number of halogens is 1. The van der Waals surface area contributed by atoms with Gasteiger partial charge < -0.3 is 39.2 Å². The number of aliphatic hydroxyl groups is 1. The van der Waals surface area contributed by atoms with Crippen molar-refractivity contribution >= 4 is 39.6 Å². The lowest BCUT2D eigenvalue weighted by Gasteiger charge is -2.39. The smallest absolute Gasteiger partial charge is 0.303 e. The van der Waals surface area contributed by atoms with Gasteiger partial charge in [-0.05, 0) is 45.6 Å². The number of carbonyl (C=O) groups excluding carboxylic acids is 4. The molecule has 3 rings (SSSR count). The van der Waals surface area contributed by atoms with E-state index in [9.17, 15) is 24.3 Å². The van der Waals surface area contributed by atoms with E-state index in [0.29, 0.717) is 32.5 Å². The van der Waals surface area contributed by atoms with Gasteiger partial charge in [0.1, 0.15) is 23.9 Å². The Kier molecular flexibility index (Phi) is 14.6. The predicted molar refractivity (Wildman–Crippen MR) is 180 cm³/mol. The summed E-state index contributed by atoms with van der Waals surface area (Å²) in [5.41, 5.74) is 0.290. The summed E-state index contributed by atoms with van der Waals surface area (Å²) >= 11 is 3.16. The second-order valence-electron chi connectivity index (χ2n) is 13.1. The number of hydrogen-bond donors (Lipinski definition) is 2. The van der Waals surface area contributed by atoms with Crippen LogP contribution in [0.5, 0.6) is 0 Å². The number of likely N-dealkylation sites (N-methyl/N-ethyl adjacent to an activating group) is 2. The Bertz CT molecular complexity index is 1200. The van der Waals surface area contributed by atoms with Crippen molar-refractivity contribution in [3.63, 3.8) is 0 Å². The Morgan fingerprint density at radius 3 is 2.36 bits per heavy atom. The van der Waals surface area contributed by atoms with Crippen molar-refractivity contribution < 1.29 is 43.2 Å². The fourth-order valence-corrected chi connectivity index (χ4v) is 6.32. The minimum absolute atomic E-state index is 0.0227. The molecule has 47 heavy (non-hydrogen) atoms. The van der Waals surface area contributed by atoms with Crippen LogP contribution < -0.4 is 5.32 Å². The van der Waals surface area contributed by atoms with E-state index < -0.39 is 36.0 Å². The van der Waals surface area contributed by atoms with Gasteiger partial charge in [-0.3, -0.25) is 19.2 Å². The third-order valence-electron chi connectivity index (χ3n) is 9.06. The van der Waals surface area contributed by atoms with Crippen LogP contribution in [0.15, 0.2) is 36.0 Å². The number of ether oxygens (including phenoxy) is 4. The number of carbonyl (C=O) groups is 4. The van der Waals surface area contributed by atoms with E-state index in [4.69, 9.17) is 18.9 Å². The summed E-state index contributed by atoms with van der Waals surface area (Å²) in [5.74, 6) is -0.604. The van der Waals surface area contributed by atoms with Crippen molar-refractivity contribution in [1.29, 1.82) is 0 Å². The Hall–Kier alpha value is -2.58. The summed E-state index contributed by atoms with van der Waals surface area (Å²) in [6, 6.07) is -0.140. The van der Waals surface area contributed by atoms with Crippen LogP contribution in [0.1, 0.15) is 60.3 Å². The molecule has 12 nitrogen and oxygen atoms in total. The lowest BCUT2D eigenvalue weighted by atomic mass is 9.87. The summed E-state index contributed by atoms with van der Waals surface area (Å²) in [4.78, 5) is 51.4. The molecule has 2 N–H and O–H groups in total. The summed E-state index contributed by atoms with van der Waals surface area (Å²) in [7, 11) is 3.41. The van der Waals surface area contributed by atoms with Gasteiger partial charge >= 0.3 is 5.97 Å². The number of epoxide rings is 1. The molecule has 13 heteroatoms. The summed E-state index contributed by atoms with van der Waals surface area (Å²) in [5, 5.41) is 14.2. The topological polar surface area (TPSA) is 147 Å². The molecule has 9 atom stereocenters. The standard InChI is InChI=1S/C34H52BrN3O9/c1-21(8-11-28-22(2)16-27(24(4)46-28)36-30(40)13-10-23(3)45-25(5)39)9-12-29-33(43)34(20-44-34)18-26(47-29)17-31(41)37(6)14-15-38(7)32(42)19-35/h8-10,12-13,22-24,26-29,33,43H,11,14-20H2,1-7H3,(H,36,40)/t22-,23-,24+,26+,27+,28-,29+,33+,34+/m0/s1. The molecule has 3 fully saturated rings. The Morgan fingerprint density at radius 2 is 1.74 bits per heavy atom. The molecule has 0 aliphatic carbocycles. The minimum Gasteiger partial charge on any atom is -0.459 e. The number of amides is 3. The van der Waals surface area contributed by atoms with Crippen molar-refractivity contribution in [3.8, 4) is 0 Å². The van der Waals surface area contributed by atoms with Gasteiger partial charge in [0.2, 0.25) is 17.7 Å². The lowest BCUT2D eigenvalue weighted by molar-refractivity contribution is -0.150. The van der Waals surface area contributed by atoms with Crippen LogP contribution >= 0.6 is 15.9 Å². The first-order valence-electron chi connectivity index (χ1n) is 16.3. The van der Waals surface area contributed by atoms with Crippen LogP contribution in [0, 0.1) is 5.92 Å². The first-order valence-corrected chi connectivity index (χ1v) is 17.4. The number of nitrogens with zero attached hydrogens (tertiary/aromatic N) is 2. The van der Waals surface area contributed by atoms with Crippen molar-refractivity contribution in [2.24, 2.45) is 5.92 Å². The average molecular weight is 727 g/mol. The highest BCUT2D eigenvalue weighted by Gasteiger charge is 2.58. The number of esters is 1. The Labute approximate surface area is 287 Å². The zero-order valence-electron chi connectivity index (χ0n) is 28.6. The van der Waals surface area contributed by atoms with E-state index in [2.05, 4.69) is 34.2 Å². The van der Waals surface area contributed by atoms with E-state index in [-0.39, 0.29) is 53.6 Å². The van der Waals surface area contributed by atoms with Gasteiger partial charge in [-0.25, -0.2) is 0 Å². The highest BCUT2D eigenvalue weighted by molar-refractivity contribution is 9.09. The molecular weight excluding hydrogens is 674 g/mol. The summed E-state index contributed by atoms with van der Waals surface area (Å²) in [6.45, 7) is 10.3. The average Bonchev–Trinajstić information content (AvgIpc) is 3.79. The maximum atomic E-state index is 12.9. The van der Waals surface area contributed by atoms with Gasteiger partial charge in [0.05, 0.1) is 42.7 Å². The molecule has 0 aromatic carbocycles. The monoisotopic (exact) mass is 725 g/mol. The number of alkyl halides is 1. The SMILES string of the molecule is CC(=O)O[C@@H](C)C=CC(=O)N[C@@H]1C[C@H](C)[C@H](CC=C(C)C=C[C@H]2O[C@H](CC(=O)N(C)CCN(C)C(=O)CBr)C[C@@]3(CO3)[C@@H]2O)O[C@@H]1C. The third-order valence-corrected chi connectivity index (χ3v) is 9.54. The van der Waals surface area contributed by atoms with E-state index in [1.165, 1.54) is 13.0 Å². The first-order chi connectivity index (χ1) is 22.1. The molecule has 3 heterocycles. The van der Waals surface area contributed by atoms with Crippen molar-refractivity contribution in [1.82, 2.24) is 15.1 Å². The van der Waals surface area contributed by atoms with Crippen LogP contribution in [0.4, 0.5) is 0 Å². The fraction of sp³-hybridized carbons (Fsp3) is 0.706. The van der Waals surface area contributed by atoms with E-state index in [1.54, 1.807) is 36.9 Å². The molecule has 3 aliphatic heterocycles. The van der Waals surface area contributed by atoms with Crippen molar-refractivity contribution in [2.75, 3.05) is 39.1 Å². The minimum atomic E-state index is -0.839. The maximum Gasteiger partial charge on any atom is 0.303 e. The quantitative estimate of drug-likeness (QED) is 0.0907. The highest BCUT2D eigenvalue weighted by atomic mass is 79.9. The number of nitrogens with one attached hydrogen (secondary N) is 1. The van der Waals surface area contributed by atoms with Crippen LogP contribution in [0.25, 0.3) is 0 Å². The molecule has 264 valence electrons. The Balaban J connectivity index is 1.50. The van der Waals surface area contributed by atoms with Crippen LogP contribution in [0.3, 0.4) is 0 Å². The zero-order chi connectivity index (χ0) is 34.9. The molecule has 1 spiro atoms. The molecule has 0 bridgehead atoms. The number of allylic oxidation sites excluding steroid dienone is 2. The van der Waals surface area contributed by atoms with E-state index in [0.717, 1.165) is 12.0 Å². The molecule has 0 aromatic rings. The maximum absolute atomic E-state index is 12.9. The Morgan fingerprint density at radius 1 is 1.09 bits per heavy atom. The van der Waals surface area contributed by atoms with Crippen molar-refractivity contribution in [2.45, 2.75) is 109 Å². The largest absolute Gasteiger partial charge is 0.459 e. The van der Waals surface area contributed by atoms with Crippen LogP contribution in [-0.2, 0) is 38.1 Å². The zero-order valence-corrected chi connectivity index (χ0v) is 30.2. The number of aliphatic hydroxyl groups excluding tert-OH is 1. The fourth-order valence-electron chi connectivity index (χ4n) is 5.89. The van der Waals surface area contributed by atoms with Gasteiger partial charge in [0, 0.05) is 46.6 Å². The molecule has 0 unspecified atom stereocenters. The van der Waals surface area contributed by atoms with Gasteiger partial charge in [-0.15, -0.1) is 0 Å². The second-order valence-corrected chi connectivity index (χ2v) is 13.7. The molecular formula is C34H52BrN3O9. The van der Waals surface area contributed by atoms with Crippen LogP contribution in [-0.4, -0.2) is 126 Å². The van der Waals surface area contributed by atoms with E-state index >= 15 is 0 Å². The van der Waals surface area contributed by atoms with E-state index in [1.807, 2.05) is 26.0 Å². The van der Waals surface area contributed by atoms with Crippen LogP contribution in [0.2, 0.25) is 0 Å². The summed E-state index contributed by atoms with van der Waals surface area (Å²) in [6.07, 6.45) is 8.25. The first kappa shape index (κ1) is 38.9. The molecule has 3 aliphatic rings. The van der Waals surface area contributed by atoms with Gasteiger partial charge in [-0.2, -0.15) is 0 Å². The third kappa shape index (κ3) is 11.8. The molecule has 3 saturated heterocycles. The van der Waals surface area contributed by atoms with Gasteiger partial charge in [0.25, 0.3) is 0 Å². The molecule has 3 amide bonds. The number of hydrogen-bond acceptors (Lipinski definition) is 9. The highest BCUT2D eigenvalue weighted by Crippen LogP contribution is 2.43.